The minimum Gasteiger partial charge on any atom is -0.360 e. The number of urea groups is 1. The first-order valence-corrected chi connectivity index (χ1v) is 10.7. The molecule has 3 aromatic rings. The molecular weight excluding hydrogens is 418 g/mol. The summed E-state index contributed by atoms with van der Waals surface area (Å²) in [5.41, 5.74) is 3.73. The molecule has 4 rings (SSSR count). The smallest absolute Gasteiger partial charge is 0.319 e. The summed E-state index contributed by atoms with van der Waals surface area (Å²) in [6.07, 6.45) is 0. The van der Waals surface area contributed by atoms with E-state index in [-0.39, 0.29) is 17.8 Å². The maximum absolute atomic E-state index is 12.3. The van der Waals surface area contributed by atoms with E-state index >= 15 is 0 Å². The third-order valence-electron chi connectivity index (χ3n) is 5.23. The Morgan fingerprint density at radius 3 is 2.24 bits per heavy atom. The lowest BCUT2D eigenvalue weighted by molar-refractivity contribution is -0.120. The molecule has 1 aliphatic heterocycles. The summed E-state index contributed by atoms with van der Waals surface area (Å²) < 4.78 is 0. The van der Waals surface area contributed by atoms with Gasteiger partial charge in [0.2, 0.25) is 5.91 Å². The molecule has 1 aliphatic rings. The minimum absolute atomic E-state index is 0.0218. The quantitative estimate of drug-likeness (QED) is 0.470. The molecular formula is C25H25N5O3. The molecule has 4 N–H and O–H groups in total. The van der Waals surface area contributed by atoms with Crippen LogP contribution in [0, 0.1) is 0 Å². The first-order valence-electron chi connectivity index (χ1n) is 10.7. The monoisotopic (exact) mass is 443 g/mol. The third-order valence-corrected chi connectivity index (χ3v) is 5.23. The van der Waals surface area contributed by atoms with E-state index in [4.69, 9.17) is 0 Å². The van der Waals surface area contributed by atoms with Gasteiger partial charge in [0.15, 0.2) is 0 Å². The Morgan fingerprint density at radius 2 is 1.55 bits per heavy atom. The van der Waals surface area contributed by atoms with Gasteiger partial charge in [-0.05, 0) is 54.1 Å². The zero-order valence-corrected chi connectivity index (χ0v) is 18.0. The van der Waals surface area contributed by atoms with Crippen molar-refractivity contribution in [3.05, 3.63) is 90.0 Å². The van der Waals surface area contributed by atoms with Gasteiger partial charge in [0, 0.05) is 42.3 Å². The first-order chi connectivity index (χ1) is 16.1. The van der Waals surface area contributed by atoms with E-state index in [1.807, 2.05) is 59.5 Å². The van der Waals surface area contributed by atoms with Crippen LogP contribution in [-0.4, -0.2) is 37.5 Å². The van der Waals surface area contributed by atoms with Crippen LogP contribution in [0.4, 0.5) is 21.9 Å². The molecule has 33 heavy (non-hydrogen) atoms. The molecule has 0 aromatic heterocycles. The summed E-state index contributed by atoms with van der Waals surface area (Å²) >= 11 is 0. The van der Waals surface area contributed by atoms with Crippen LogP contribution in [0.5, 0.6) is 0 Å². The van der Waals surface area contributed by atoms with E-state index in [1.165, 1.54) is 0 Å². The highest BCUT2D eigenvalue weighted by Gasteiger charge is 2.16. The van der Waals surface area contributed by atoms with Crippen molar-refractivity contribution >= 4 is 34.9 Å². The third kappa shape index (κ3) is 6.10. The lowest BCUT2D eigenvalue weighted by Crippen LogP contribution is -2.47. The van der Waals surface area contributed by atoms with E-state index in [0.717, 1.165) is 23.5 Å². The second kappa shape index (κ2) is 10.3. The molecule has 168 valence electrons. The van der Waals surface area contributed by atoms with E-state index in [1.54, 1.807) is 24.3 Å². The number of carbonyl (C=O) groups is 3. The number of anilines is 3. The van der Waals surface area contributed by atoms with Crippen LogP contribution in [0.15, 0.2) is 78.9 Å². The standard InChI is InChI=1S/C25H25N5O3/c31-23-17-30(15-14-26-23)22-12-6-18(7-13-22)16-27-25(33)29-21-10-8-19(9-11-21)24(32)28-20-4-2-1-3-5-20/h1-13H,14-17H2,(H,26,31)(H,28,32)(H2,27,29,33). The summed E-state index contributed by atoms with van der Waals surface area (Å²) in [6.45, 7) is 2.14. The fourth-order valence-corrected chi connectivity index (χ4v) is 3.47. The molecule has 0 saturated carbocycles. The number of carbonyl (C=O) groups excluding carboxylic acids is 3. The average molecular weight is 444 g/mol. The highest BCUT2D eigenvalue weighted by atomic mass is 16.2. The molecule has 3 aromatic carbocycles. The number of hydrogen-bond donors (Lipinski definition) is 4. The molecule has 0 bridgehead atoms. The summed E-state index contributed by atoms with van der Waals surface area (Å²) in [7, 11) is 0. The van der Waals surface area contributed by atoms with E-state index in [2.05, 4.69) is 21.3 Å². The van der Waals surface area contributed by atoms with Crippen molar-refractivity contribution in [2.75, 3.05) is 35.2 Å². The van der Waals surface area contributed by atoms with Gasteiger partial charge in [0.05, 0.1) is 6.54 Å². The Labute approximate surface area is 192 Å². The van der Waals surface area contributed by atoms with Crippen LogP contribution in [-0.2, 0) is 11.3 Å². The highest BCUT2D eigenvalue weighted by molar-refractivity contribution is 6.04. The summed E-state index contributed by atoms with van der Waals surface area (Å²) in [5.74, 6) is -0.195. The predicted octanol–water partition coefficient (Wildman–Crippen LogP) is 3.20. The van der Waals surface area contributed by atoms with Crippen molar-refractivity contribution in [1.82, 2.24) is 10.6 Å². The van der Waals surface area contributed by atoms with Gasteiger partial charge < -0.3 is 26.2 Å². The zero-order chi connectivity index (χ0) is 23.0. The SMILES string of the molecule is O=C1CN(c2ccc(CNC(=O)Nc3ccc(C(=O)Nc4ccccc4)cc3)cc2)CCN1. The maximum atomic E-state index is 12.3. The Morgan fingerprint density at radius 1 is 0.848 bits per heavy atom. The van der Waals surface area contributed by atoms with E-state index < -0.39 is 0 Å². The average Bonchev–Trinajstić information content (AvgIpc) is 2.84. The van der Waals surface area contributed by atoms with Gasteiger partial charge in [-0.3, -0.25) is 9.59 Å². The number of nitrogens with one attached hydrogen (secondary N) is 4. The number of amides is 4. The summed E-state index contributed by atoms with van der Waals surface area (Å²) in [5, 5.41) is 11.2. The normalized spacial score (nSPS) is 13.1. The van der Waals surface area contributed by atoms with Crippen LogP contribution < -0.4 is 26.2 Å². The van der Waals surface area contributed by atoms with E-state index in [9.17, 15) is 14.4 Å². The first kappa shape index (κ1) is 21.9. The number of benzene rings is 3. The van der Waals surface area contributed by atoms with Crippen LogP contribution in [0.3, 0.4) is 0 Å². The number of rotatable bonds is 6. The number of piperazine rings is 1. The van der Waals surface area contributed by atoms with Gasteiger partial charge in [0.1, 0.15) is 0 Å². The van der Waals surface area contributed by atoms with Crippen LogP contribution >= 0.6 is 0 Å². The fraction of sp³-hybridized carbons (Fsp3) is 0.160. The molecule has 1 saturated heterocycles. The maximum Gasteiger partial charge on any atom is 0.319 e. The van der Waals surface area contributed by atoms with Crippen molar-refractivity contribution in [3.63, 3.8) is 0 Å². The molecule has 1 fully saturated rings. The van der Waals surface area contributed by atoms with Crippen LogP contribution in [0.1, 0.15) is 15.9 Å². The van der Waals surface area contributed by atoms with Crippen molar-refractivity contribution in [3.8, 4) is 0 Å². The molecule has 4 amide bonds. The number of hydrogen-bond acceptors (Lipinski definition) is 4. The van der Waals surface area contributed by atoms with Crippen molar-refractivity contribution in [2.45, 2.75) is 6.54 Å². The number of nitrogens with zero attached hydrogens (tertiary/aromatic N) is 1. The van der Waals surface area contributed by atoms with Crippen molar-refractivity contribution in [1.29, 1.82) is 0 Å². The molecule has 1 heterocycles. The molecule has 8 nitrogen and oxygen atoms in total. The van der Waals surface area contributed by atoms with Gasteiger partial charge >= 0.3 is 6.03 Å². The fourth-order valence-electron chi connectivity index (χ4n) is 3.47. The van der Waals surface area contributed by atoms with Crippen LogP contribution in [0.25, 0.3) is 0 Å². The Bertz CT molecular complexity index is 1120. The van der Waals surface area contributed by atoms with Gasteiger partial charge in [-0.1, -0.05) is 30.3 Å². The van der Waals surface area contributed by atoms with Gasteiger partial charge in [-0.15, -0.1) is 0 Å². The second-order valence-corrected chi connectivity index (χ2v) is 7.64. The van der Waals surface area contributed by atoms with Crippen molar-refractivity contribution in [2.24, 2.45) is 0 Å². The molecule has 0 unspecified atom stereocenters. The Hall–Kier alpha value is -4.33. The second-order valence-electron chi connectivity index (χ2n) is 7.64. The summed E-state index contributed by atoms with van der Waals surface area (Å²) in [6, 6.07) is 23.3. The lowest BCUT2D eigenvalue weighted by Gasteiger charge is -2.28. The highest BCUT2D eigenvalue weighted by Crippen LogP contribution is 2.16. The predicted molar refractivity (Wildman–Crippen MR) is 128 cm³/mol. The Kier molecular flexibility index (Phi) is 6.84. The van der Waals surface area contributed by atoms with Crippen LogP contribution in [0.2, 0.25) is 0 Å². The Balaban J connectivity index is 1.25. The van der Waals surface area contributed by atoms with Gasteiger partial charge in [-0.25, -0.2) is 4.79 Å². The topological polar surface area (TPSA) is 103 Å². The van der Waals surface area contributed by atoms with Crippen molar-refractivity contribution < 1.29 is 14.4 Å². The molecule has 0 radical (unpaired) electrons. The minimum atomic E-state index is -0.340. The molecule has 0 aliphatic carbocycles. The lowest BCUT2D eigenvalue weighted by atomic mass is 10.2. The van der Waals surface area contributed by atoms with Gasteiger partial charge in [0.25, 0.3) is 5.91 Å². The zero-order valence-electron chi connectivity index (χ0n) is 18.0. The summed E-state index contributed by atoms with van der Waals surface area (Å²) in [4.78, 5) is 38.1. The largest absolute Gasteiger partial charge is 0.360 e. The molecule has 0 atom stereocenters. The number of para-hydroxylation sites is 1. The molecule has 8 heteroatoms. The van der Waals surface area contributed by atoms with Gasteiger partial charge in [-0.2, -0.15) is 0 Å². The van der Waals surface area contributed by atoms with E-state index in [0.29, 0.717) is 30.9 Å². The molecule has 0 spiro atoms.